The van der Waals surface area contributed by atoms with Crippen LogP contribution in [-0.2, 0) is 14.3 Å². The number of aliphatic hydroxyl groups is 1. The van der Waals surface area contributed by atoms with E-state index in [0.717, 1.165) is 18.4 Å². The van der Waals surface area contributed by atoms with Gasteiger partial charge in [0.15, 0.2) is 0 Å². The van der Waals surface area contributed by atoms with Crippen molar-refractivity contribution < 1.29 is 19.4 Å². The summed E-state index contributed by atoms with van der Waals surface area (Å²) in [4.78, 5) is 11.4. The molecule has 1 aliphatic heterocycles. The number of aliphatic hydroxyl groups excluding tert-OH is 1. The molecule has 0 aromatic rings. The van der Waals surface area contributed by atoms with Crippen LogP contribution in [0, 0.1) is 5.92 Å². The quantitative estimate of drug-likeness (QED) is 0.592. The molecule has 0 radical (unpaired) electrons. The summed E-state index contributed by atoms with van der Waals surface area (Å²) in [6.07, 6.45) is 9.58. The van der Waals surface area contributed by atoms with Gasteiger partial charge in [0.05, 0.1) is 6.10 Å². The minimum absolute atomic E-state index is 0.0817. The molecule has 112 valence electrons. The highest BCUT2D eigenvalue weighted by molar-refractivity contribution is 5.81. The predicted octanol–water partition coefficient (Wildman–Crippen LogP) is 2.39. The Bertz CT molecular complexity index is 395. The number of hydrogen-bond donors (Lipinski definition) is 1. The van der Waals surface area contributed by atoms with Crippen molar-refractivity contribution in [3.8, 4) is 0 Å². The van der Waals surface area contributed by atoms with Gasteiger partial charge in [0.25, 0.3) is 0 Å². The Kier molecular flexibility index (Phi) is 7.26. The number of cyclic esters (lactones) is 1. The number of esters is 1. The third kappa shape index (κ3) is 5.72. The third-order valence-electron chi connectivity index (χ3n) is 3.22. The molecule has 0 aliphatic carbocycles. The SMILES string of the molecule is CO[C@H]1/C=C/CC/C=C/C(=O)OC/C(C)=C\C(C)[C@@H]1O. The van der Waals surface area contributed by atoms with E-state index in [4.69, 9.17) is 9.47 Å². The number of carbonyl (C=O) groups is 1. The van der Waals surface area contributed by atoms with Gasteiger partial charge < -0.3 is 14.6 Å². The van der Waals surface area contributed by atoms with Gasteiger partial charge in [-0.2, -0.15) is 0 Å². The van der Waals surface area contributed by atoms with Gasteiger partial charge in [0, 0.05) is 19.1 Å². The molecule has 3 atom stereocenters. The van der Waals surface area contributed by atoms with Crippen LogP contribution < -0.4 is 0 Å². The minimum Gasteiger partial charge on any atom is -0.458 e. The summed E-state index contributed by atoms with van der Waals surface area (Å²) in [5, 5.41) is 10.3. The molecule has 0 aromatic carbocycles. The Hall–Kier alpha value is -1.39. The second-order valence-corrected chi connectivity index (χ2v) is 5.08. The lowest BCUT2D eigenvalue weighted by atomic mass is 9.96. The molecule has 4 nitrogen and oxygen atoms in total. The van der Waals surface area contributed by atoms with E-state index in [0.29, 0.717) is 0 Å². The van der Waals surface area contributed by atoms with E-state index >= 15 is 0 Å². The van der Waals surface area contributed by atoms with Crippen molar-refractivity contribution in [2.24, 2.45) is 5.92 Å². The van der Waals surface area contributed by atoms with Crippen molar-refractivity contribution in [2.75, 3.05) is 13.7 Å². The highest BCUT2D eigenvalue weighted by Gasteiger charge is 2.21. The van der Waals surface area contributed by atoms with Crippen LogP contribution in [-0.4, -0.2) is 37.0 Å². The minimum atomic E-state index is -0.625. The maximum absolute atomic E-state index is 11.4. The lowest BCUT2D eigenvalue weighted by molar-refractivity contribution is -0.136. The number of carbonyl (C=O) groups excluding carboxylic acids is 1. The molecule has 1 unspecified atom stereocenters. The van der Waals surface area contributed by atoms with Crippen LogP contribution >= 0.6 is 0 Å². The summed E-state index contributed by atoms with van der Waals surface area (Å²) >= 11 is 0. The predicted molar refractivity (Wildman–Crippen MR) is 78.2 cm³/mol. The van der Waals surface area contributed by atoms with Crippen molar-refractivity contribution in [1.82, 2.24) is 0 Å². The van der Waals surface area contributed by atoms with E-state index in [2.05, 4.69) is 0 Å². The molecule has 0 bridgehead atoms. The molecule has 0 fully saturated rings. The average molecular weight is 280 g/mol. The highest BCUT2D eigenvalue weighted by Crippen LogP contribution is 2.15. The number of ether oxygens (including phenoxy) is 2. The Labute approximate surface area is 120 Å². The van der Waals surface area contributed by atoms with E-state index in [1.54, 1.807) is 13.2 Å². The van der Waals surface area contributed by atoms with Gasteiger partial charge in [0.1, 0.15) is 12.7 Å². The second kappa shape index (κ2) is 8.72. The fourth-order valence-corrected chi connectivity index (χ4v) is 2.06. The number of allylic oxidation sites excluding steroid dienone is 2. The van der Waals surface area contributed by atoms with Crippen molar-refractivity contribution in [1.29, 1.82) is 0 Å². The van der Waals surface area contributed by atoms with E-state index in [1.165, 1.54) is 6.08 Å². The fourth-order valence-electron chi connectivity index (χ4n) is 2.06. The zero-order chi connectivity index (χ0) is 15.0. The summed E-state index contributed by atoms with van der Waals surface area (Å²) in [6.45, 7) is 4.04. The molecular weight excluding hydrogens is 256 g/mol. The number of rotatable bonds is 1. The average Bonchev–Trinajstić information content (AvgIpc) is 2.43. The first kappa shape index (κ1) is 16.7. The Balaban J connectivity index is 2.86. The standard InChI is InChI=1S/C16H24O4/c1-12-10-13(2)16(18)14(19-3)8-6-4-5-7-9-15(17)20-11-12/h6-10,13-14,16,18H,4-5,11H2,1-3H3/b8-6+,9-7+,12-10-/t13?,14-,16-/m0/s1. The largest absolute Gasteiger partial charge is 0.458 e. The van der Waals surface area contributed by atoms with Crippen molar-refractivity contribution in [2.45, 2.75) is 38.9 Å². The molecule has 0 aromatic heterocycles. The second-order valence-electron chi connectivity index (χ2n) is 5.08. The van der Waals surface area contributed by atoms with Gasteiger partial charge in [-0.1, -0.05) is 31.2 Å². The van der Waals surface area contributed by atoms with Crippen molar-refractivity contribution in [3.05, 3.63) is 36.0 Å². The molecule has 1 heterocycles. The summed E-state index contributed by atoms with van der Waals surface area (Å²) in [6, 6.07) is 0. The zero-order valence-corrected chi connectivity index (χ0v) is 12.4. The highest BCUT2D eigenvalue weighted by atomic mass is 16.5. The molecular formula is C16H24O4. The van der Waals surface area contributed by atoms with E-state index in [-0.39, 0.29) is 24.6 Å². The van der Waals surface area contributed by atoms with Gasteiger partial charge in [-0.25, -0.2) is 4.79 Å². The summed E-state index contributed by atoms with van der Waals surface area (Å²) < 4.78 is 10.4. The van der Waals surface area contributed by atoms with Crippen LogP contribution in [0.25, 0.3) is 0 Å². The van der Waals surface area contributed by atoms with Crippen LogP contribution in [0.3, 0.4) is 0 Å². The van der Waals surface area contributed by atoms with Gasteiger partial charge in [0.2, 0.25) is 0 Å². The maximum atomic E-state index is 11.4. The summed E-state index contributed by atoms with van der Waals surface area (Å²) in [5.41, 5.74) is 0.911. The molecule has 1 rings (SSSR count). The summed E-state index contributed by atoms with van der Waals surface area (Å²) in [7, 11) is 1.59. The monoisotopic (exact) mass is 280 g/mol. The first-order valence-corrected chi connectivity index (χ1v) is 6.92. The topological polar surface area (TPSA) is 55.8 Å². The lowest BCUT2D eigenvalue weighted by Crippen LogP contribution is -2.31. The Morgan fingerprint density at radius 3 is 2.75 bits per heavy atom. The van der Waals surface area contributed by atoms with E-state index < -0.39 is 6.10 Å². The first-order chi connectivity index (χ1) is 9.54. The van der Waals surface area contributed by atoms with Gasteiger partial charge >= 0.3 is 5.97 Å². The van der Waals surface area contributed by atoms with Crippen LogP contribution in [0.15, 0.2) is 36.0 Å². The Morgan fingerprint density at radius 2 is 2.05 bits per heavy atom. The molecule has 1 aliphatic rings. The molecule has 4 heteroatoms. The van der Waals surface area contributed by atoms with Gasteiger partial charge in [-0.15, -0.1) is 0 Å². The van der Waals surface area contributed by atoms with Gasteiger partial charge in [-0.3, -0.25) is 0 Å². The smallest absolute Gasteiger partial charge is 0.330 e. The maximum Gasteiger partial charge on any atom is 0.330 e. The zero-order valence-electron chi connectivity index (χ0n) is 12.4. The lowest BCUT2D eigenvalue weighted by Gasteiger charge is -2.23. The fraction of sp³-hybridized carbons (Fsp3) is 0.562. The van der Waals surface area contributed by atoms with E-state index in [1.807, 2.05) is 32.1 Å². The normalized spacial score (nSPS) is 35.3. The van der Waals surface area contributed by atoms with Crippen LogP contribution in [0.1, 0.15) is 26.7 Å². The van der Waals surface area contributed by atoms with Crippen molar-refractivity contribution in [3.63, 3.8) is 0 Å². The molecule has 20 heavy (non-hydrogen) atoms. The number of hydrogen-bond acceptors (Lipinski definition) is 4. The van der Waals surface area contributed by atoms with Crippen LogP contribution in [0.5, 0.6) is 0 Å². The number of methoxy groups -OCH3 is 1. The summed E-state index contributed by atoms with van der Waals surface area (Å²) in [5.74, 6) is -0.413. The Morgan fingerprint density at radius 1 is 1.35 bits per heavy atom. The molecule has 0 spiro atoms. The van der Waals surface area contributed by atoms with Crippen LogP contribution in [0.4, 0.5) is 0 Å². The third-order valence-corrected chi connectivity index (χ3v) is 3.22. The molecule has 0 saturated carbocycles. The molecule has 0 saturated heterocycles. The van der Waals surface area contributed by atoms with Gasteiger partial charge in [-0.05, 0) is 25.3 Å². The molecule has 0 amide bonds. The van der Waals surface area contributed by atoms with Crippen LogP contribution in [0.2, 0.25) is 0 Å². The van der Waals surface area contributed by atoms with Crippen molar-refractivity contribution >= 4 is 5.97 Å². The molecule has 1 N–H and O–H groups in total. The first-order valence-electron chi connectivity index (χ1n) is 6.92. The van der Waals surface area contributed by atoms with E-state index in [9.17, 15) is 9.90 Å².